The minimum absolute atomic E-state index is 0.0192. The van der Waals surface area contributed by atoms with Crippen LogP contribution in [0.4, 0.5) is 0 Å². The Hall–Kier alpha value is -2.86. The maximum atomic E-state index is 12.4. The smallest absolute Gasteiger partial charge is 0.273 e. The summed E-state index contributed by atoms with van der Waals surface area (Å²) in [6.07, 6.45) is 2.31. The van der Waals surface area contributed by atoms with Crippen molar-refractivity contribution in [2.75, 3.05) is 0 Å². The minimum Gasteiger partial charge on any atom is -0.461 e. The van der Waals surface area contributed by atoms with Crippen molar-refractivity contribution in [3.8, 4) is 11.5 Å². The van der Waals surface area contributed by atoms with Gasteiger partial charge in [0, 0.05) is 16.8 Å². The first kappa shape index (κ1) is 15.7. The molecule has 25 heavy (non-hydrogen) atoms. The summed E-state index contributed by atoms with van der Waals surface area (Å²) in [5, 5.41) is 10.2. The molecule has 126 valence electrons. The molecule has 0 aliphatic rings. The summed E-state index contributed by atoms with van der Waals surface area (Å²) in [5.41, 5.74) is 1.48. The van der Waals surface area contributed by atoms with Crippen LogP contribution in [0.3, 0.4) is 0 Å². The molecule has 1 unspecified atom stereocenters. The van der Waals surface area contributed by atoms with E-state index in [9.17, 15) is 4.79 Å². The van der Waals surface area contributed by atoms with Crippen molar-refractivity contribution in [2.24, 2.45) is 0 Å². The largest absolute Gasteiger partial charge is 0.461 e. The summed E-state index contributed by atoms with van der Waals surface area (Å²) < 4.78 is 11.7. The van der Waals surface area contributed by atoms with Gasteiger partial charge in [0.1, 0.15) is 0 Å². The van der Waals surface area contributed by atoms with Crippen molar-refractivity contribution >= 4 is 27.3 Å². The zero-order chi connectivity index (χ0) is 17.2. The standard InChI is InChI=1S/C19H16N2O3S/c1-12(9-13-11-25-18-7-3-2-5-14(13)18)20-19(22)15-10-17(24-21-15)16-6-4-8-23-16/h2-8,10-12H,9H2,1H3,(H,20,22). The summed E-state index contributed by atoms with van der Waals surface area (Å²) >= 11 is 1.72. The highest BCUT2D eigenvalue weighted by Gasteiger charge is 2.17. The van der Waals surface area contributed by atoms with E-state index in [1.54, 1.807) is 35.8 Å². The number of carbonyl (C=O) groups is 1. The highest BCUT2D eigenvalue weighted by Crippen LogP contribution is 2.26. The Balaban J connectivity index is 1.44. The number of benzene rings is 1. The monoisotopic (exact) mass is 352 g/mol. The average Bonchev–Trinajstić information content (AvgIpc) is 3.35. The molecular weight excluding hydrogens is 336 g/mol. The molecule has 3 heterocycles. The van der Waals surface area contributed by atoms with Gasteiger partial charge in [0.05, 0.1) is 6.26 Å². The highest BCUT2D eigenvalue weighted by molar-refractivity contribution is 7.17. The third-order valence-electron chi connectivity index (χ3n) is 3.97. The van der Waals surface area contributed by atoms with Crippen molar-refractivity contribution in [3.63, 3.8) is 0 Å². The van der Waals surface area contributed by atoms with Gasteiger partial charge in [0.25, 0.3) is 5.91 Å². The molecule has 0 aliphatic heterocycles. The number of nitrogens with one attached hydrogen (secondary N) is 1. The lowest BCUT2D eigenvalue weighted by Gasteiger charge is -2.12. The number of thiophene rings is 1. The lowest BCUT2D eigenvalue weighted by atomic mass is 10.1. The van der Waals surface area contributed by atoms with Crippen LogP contribution < -0.4 is 5.32 Å². The first-order valence-corrected chi connectivity index (χ1v) is 8.85. The topological polar surface area (TPSA) is 68.3 Å². The number of hydrogen-bond donors (Lipinski definition) is 1. The van der Waals surface area contributed by atoms with Crippen LogP contribution >= 0.6 is 11.3 Å². The molecule has 0 saturated heterocycles. The summed E-state index contributed by atoms with van der Waals surface area (Å²) in [6.45, 7) is 1.98. The lowest BCUT2D eigenvalue weighted by Crippen LogP contribution is -2.34. The molecule has 1 atom stereocenters. The Kier molecular flexibility index (Phi) is 4.11. The van der Waals surface area contributed by atoms with Crippen LogP contribution in [0, 0.1) is 0 Å². The first-order chi connectivity index (χ1) is 12.2. The van der Waals surface area contributed by atoms with Gasteiger partial charge >= 0.3 is 0 Å². The second kappa shape index (κ2) is 6.57. The predicted octanol–water partition coefficient (Wildman–Crippen LogP) is 4.51. The van der Waals surface area contributed by atoms with Gasteiger partial charge in [-0.05, 0) is 47.9 Å². The van der Waals surface area contributed by atoms with Crippen LogP contribution in [0.1, 0.15) is 23.0 Å². The number of furan rings is 1. The number of aromatic nitrogens is 1. The average molecular weight is 352 g/mol. The van der Waals surface area contributed by atoms with E-state index in [1.807, 2.05) is 19.1 Å². The predicted molar refractivity (Wildman–Crippen MR) is 96.7 cm³/mol. The number of carbonyl (C=O) groups excluding carboxylic acids is 1. The van der Waals surface area contributed by atoms with Gasteiger partial charge in [-0.15, -0.1) is 11.3 Å². The first-order valence-electron chi connectivity index (χ1n) is 7.97. The molecule has 4 aromatic rings. The Morgan fingerprint density at radius 2 is 2.12 bits per heavy atom. The fraction of sp³-hybridized carbons (Fsp3) is 0.158. The van der Waals surface area contributed by atoms with Gasteiger partial charge < -0.3 is 14.3 Å². The molecule has 6 heteroatoms. The van der Waals surface area contributed by atoms with Crippen molar-refractivity contribution in [1.82, 2.24) is 10.5 Å². The molecule has 0 radical (unpaired) electrons. The van der Waals surface area contributed by atoms with Crippen molar-refractivity contribution in [1.29, 1.82) is 0 Å². The molecule has 0 fully saturated rings. The van der Waals surface area contributed by atoms with Gasteiger partial charge in [-0.1, -0.05) is 23.4 Å². The van der Waals surface area contributed by atoms with E-state index in [2.05, 4.69) is 28.0 Å². The van der Waals surface area contributed by atoms with Crippen molar-refractivity contribution in [3.05, 3.63) is 65.4 Å². The van der Waals surface area contributed by atoms with Gasteiger partial charge in [0.15, 0.2) is 11.5 Å². The molecule has 1 aromatic carbocycles. The van der Waals surface area contributed by atoms with Crippen LogP contribution in [-0.2, 0) is 6.42 Å². The number of hydrogen-bond acceptors (Lipinski definition) is 5. The van der Waals surface area contributed by atoms with Crippen molar-refractivity contribution in [2.45, 2.75) is 19.4 Å². The Morgan fingerprint density at radius 1 is 1.24 bits per heavy atom. The summed E-state index contributed by atoms with van der Waals surface area (Å²) in [6, 6.07) is 13.4. The SMILES string of the molecule is CC(Cc1csc2ccccc12)NC(=O)c1cc(-c2ccco2)on1. The van der Waals surface area contributed by atoms with Crippen LogP contribution in [-0.4, -0.2) is 17.1 Å². The normalized spacial score (nSPS) is 12.4. The third-order valence-corrected chi connectivity index (χ3v) is 4.98. The highest BCUT2D eigenvalue weighted by atomic mass is 32.1. The van der Waals surface area contributed by atoms with Crippen molar-refractivity contribution < 1.29 is 13.7 Å². The summed E-state index contributed by atoms with van der Waals surface area (Å²) in [7, 11) is 0. The van der Waals surface area contributed by atoms with Gasteiger partial charge in [0.2, 0.25) is 5.76 Å². The molecule has 1 amide bonds. The molecule has 0 aliphatic carbocycles. The van der Waals surface area contributed by atoms with E-state index in [0.717, 1.165) is 6.42 Å². The van der Waals surface area contributed by atoms with E-state index in [4.69, 9.17) is 8.94 Å². The number of amides is 1. The maximum Gasteiger partial charge on any atom is 0.273 e. The van der Waals surface area contributed by atoms with Crippen LogP contribution in [0.25, 0.3) is 21.6 Å². The van der Waals surface area contributed by atoms with E-state index in [1.165, 1.54) is 15.6 Å². The van der Waals surface area contributed by atoms with Gasteiger partial charge in [-0.25, -0.2) is 0 Å². The molecular formula is C19H16N2O3S. The molecule has 4 rings (SSSR count). The Bertz CT molecular complexity index is 1000. The van der Waals surface area contributed by atoms with Crippen LogP contribution in [0.5, 0.6) is 0 Å². The third kappa shape index (κ3) is 3.21. The molecule has 1 N–H and O–H groups in total. The zero-order valence-electron chi connectivity index (χ0n) is 13.6. The maximum absolute atomic E-state index is 12.4. The van der Waals surface area contributed by atoms with E-state index < -0.39 is 0 Å². The summed E-state index contributed by atoms with van der Waals surface area (Å²) in [4.78, 5) is 12.4. The van der Waals surface area contributed by atoms with Gasteiger partial charge in [-0.3, -0.25) is 4.79 Å². The fourth-order valence-corrected chi connectivity index (χ4v) is 3.76. The molecule has 0 spiro atoms. The number of fused-ring (bicyclic) bond motifs is 1. The summed E-state index contributed by atoms with van der Waals surface area (Å²) in [5.74, 6) is 0.726. The number of nitrogens with zero attached hydrogens (tertiary/aromatic N) is 1. The lowest BCUT2D eigenvalue weighted by molar-refractivity contribution is 0.0931. The molecule has 0 bridgehead atoms. The van der Waals surface area contributed by atoms with Gasteiger partial charge in [-0.2, -0.15) is 0 Å². The second-order valence-electron chi connectivity index (χ2n) is 5.89. The van der Waals surface area contributed by atoms with Crippen LogP contribution in [0.2, 0.25) is 0 Å². The number of rotatable bonds is 5. The second-order valence-corrected chi connectivity index (χ2v) is 6.80. The van der Waals surface area contributed by atoms with E-state index >= 15 is 0 Å². The Morgan fingerprint density at radius 3 is 2.96 bits per heavy atom. The molecule has 5 nitrogen and oxygen atoms in total. The minimum atomic E-state index is -0.256. The molecule has 0 saturated carbocycles. The zero-order valence-corrected chi connectivity index (χ0v) is 14.4. The van der Waals surface area contributed by atoms with E-state index in [-0.39, 0.29) is 17.6 Å². The molecule has 3 aromatic heterocycles. The van der Waals surface area contributed by atoms with Crippen LogP contribution in [0.15, 0.2) is 63.0 Å². The quantitative estimate of drug-likeness (QED) is 0.574. The van der Waals surface area contributed by atoms with E-state index in [0.29, 0.717) is 11.5 Å². The fourth-order valence-electron chi connectivity index (χ4n) is 2.79. The Labute approximate surface area is 148 Å².